The average Bonchev–Trinajstić information content (AvgIpc) is 2.95. The van der Waals surface area contributed by atoms with Crippen LogP contribution in [-0.2, 0) is 14.3 Å². The monoisotopic (exact) mass is 537 g/mol. The number of carbonyl (C=O) groups is 4. The maximum absolute atomic E-state index is 13.2. The number of nitrogens with one attached hydrogen (secondary N) is 1. The summed E-state index contributed by atoms with van der Waals surface area (Å²) in [5.41, 5.74) is 3.86. The normalized spacial score (nSPS) is 10.5. The Balaban J connectivity index is 1.71. The molecule has 8 heteroatoms. The number of ether oxygens (including phenoxy) is 3. The minimum absolute atomic E-state index is 0.337. The van der Waals surface area contributed by atoms with Gasteiger partial charge in [-0.3, -0.25) is 14.4 Å². The van der Waals surface area contributed by atoms with E-state index in [1.165, 1.54) is 33.1 Å². The number of hydrogen-bond acceptors (Lipinski definition) is 7. The molecule has 40 heavy (non-hydrogen) atoms. The number of carbonyl (C=O) groups excluding carboxylic acids is 4. The second-order valence-electron chi connectivity index (χ2n) is 8.87. The quantitative estimate of drug-likeness (QED) is 0.173. The number of methoxy groups -OCH3 is 1. The summed E-state index contributed by atoms with van der Waals surface area (Å²) in [7, 11) is 1.30. The molecule has 0 aliphatic rings. The highest BCUT2D eigenvalue weighted by Crippen LogP contribution is 2.37. The number of esters is 3. The van der Waals surface area contributed by atoms with Crippen LogP contribution in [0.2, 0.25) is 0 Å². The minimum atomic E-state index is -0.486. The molecule has 0 aromatic heterocycles. The lowest BCUT2D eigenvalue weighted by Gasteiger charge is -2.23. The summed E-state index contributed by atoms with van der Waals surface area (Å²) in [5.74, 6) is -1.18. The molecule has 0 saturated heterocycles. The Kier molecular flexibility index (Phi) is 8.71. The smallest absolute Gasteiger partial charge is 0.337 e. The summed E-state index contributed by atoms with van der Waals surface area (Å²) in [6.07, 6.45) is 0. The Morgan fingerprint density at radius 2 is 1.10 bits per heavy atom. The van der Waals surface area contributed by atoms with E-state index in [-0.39, 0.29) is 11.8 Å². The Bertz CT molecular complexity index is 1470. The molecule has 1 amide bonds. The summed E-state index contributed by atoms with van der Waals surface area (Å²) < 4.78 is 15.1. The van der Waals surface area contributed by atoms with Crippen molar-refractivity contribution in [1.82, 2.24) is 0 Å². The van der Waals surface area contributed by atoms with Crippen molar-refractivity contribution in [1.29, 1.82) is 0 Å². The number of benzene rings is 4. The summed E-state index contributed by atoms with van der Waals surface area (Å²) in [6, 6.07) is 27.9. The fraction of sp³-hybridized carbons (Fsp3) is 0.125. The first-order chi connectivity index (χ1) is 19.2. The molecule has 1 N–H and O–H groups in total. The zero-order chi connectivity index (χ0) is 28.6. The maximum Gasteiger partial charge on any atom is 0.337 e. The van der Waals surface area contributed by atoms with Crippen molar-refractivity contribution in [2.45, 2.75) is 19.8 Å². The topological polar surface area (TPSA) is 108 Å². The molecular weight excluding hydrogens is 510 g/mol. The maximum atomic E-state index is 13.2. The van der Waals surface area contributed by atoms with Gasteiger partial charge in [0.05, 0.1) is 12.7 Å². The molecule has 0 radical (unpaired) electrons. The van der Waals surface area contributed by atoms with Gasteiger partial charge in [0.15, 0.2) is 0 Å². The highest BCUT2D eigenvalue weighted by molar-refractivity contribution is 6.05. The minimum Gasteiger partial charge on any atom is -0.465 e. The van der Waals surface area contributed by atoms with E-state index in [0.29, 0.717) is 28.3 Å². The Labute approximate surface area is 231 Å². The number of amides is 1. The lowest BCUT2D eigenvalue weighted by Crippen LogP contribution is -2.15. The van der Waals surface area contributed by atoms with E-state index in [9.17, 15) is 19.2 Å². The molecule has 0 fully saturated rings. The Hall–Kier alpha value is -5.24. The summed E-state index contributed by atoms with van der Waals surface area (Å²) in [5, 5.41) is 2.99. The zero-order valence-electron chi connectivity index (χ0n) is 22.2. The van der Waals surface area contributed by atoms with Crippen LogP contribution in [0.5, 0.6) is 11.5 Å². The van der Waals surface area contributed by atoms with Crippen molar-refractivity contribution in [2.24, 2.45) is 0 Å². The molecular formula is C32H27NO7. The van der Waals surface area contributed by atoms with Gasteiger partial charge in [0.2, 0.25) is 0 Å². The van der Waals surface area contributed by atoms with Crippen molar-refractivity contribution in [2.75, 3.05) is 12.4 Å². The molecule has 4 rings (SSSR count). The van der Waals surface area contributed by atoms with Gasteiger partial charge >= 0.3 is 17.9 Å². The van der Waals surface area contributed by atoms with Crippen LogP contribution in [0.25, 0.3) is 0 Å². The van der Waals surface area contributed by atoms with Gasteiger partial charge in [0.1, 0.15) is 11.5 Å². The molecule has 4 aromatic rings. The molecule has 0 aliphatic heterocycles. The van der Waals surface area contributed by atoms with Gasteiger partial charge in [-0.25, -0.2) is 4.79 Å². The first kappa shape index (κ1) is 27.8. The van der Waals surface area contributed by atoms with Crippen molar-refractivity contribution in [3.63, 3.8) is 0 Å². The molecule has 0 aliphatic carbocycles. The molecule has 0 atom stereocenters. The standard InChI is InChI=1S/C32H27NO7/c1-20(34)39-26-16-12-22(13-17-26)30(23-14-18-27(19-15-23)40-21(2)35)28-6-4-5-7-29(28)33-31(36)24-8-10-25(11-9-24)32(37)38-3/h4-19,30H,1-3H3,(H,33,36). The SMILES string of the molecule is COC(=O)c1ccc(C(=O)Nc2ccccc2C(c2ccc(OC(C)=O)cc2)c2ccc(OC(C)=O)cc2)cc1. The van der Waals surface area contributed by atoms with Crippen LogP contribution in [0.15, 0.2) is 97.1 Å². The van der Waals surface area contributed by atoms with Gasteiger partial charge in [-0.1, -0.05) is 42.5 Å². The zero-order valence-corrected chi connectivity index (χ0v) is 22.2. The third kappa shape index (κ3) is 6.79. The highest BCUT2D eigenvalue weighted by Gasteiger charge is 2.22. The lowest BCUT2D eigenvalue weighted by atomic mass is 9.84. The van der Waals surface area contributed by atoms with Crippen molar-refractivity contribution in [3.8, 4) is 11.5 Å². The highest BCUT2D eigenvalue weighted by atomic mass is 16.5. The van der Waals surface area contributed by atoms with Gasteiger partial charge in [-0.15, -0.1) is 0 Å². The van der Waals surface area contributed by atoms with Crippen LogP contribution in [-0.4, -0.2) is 30.9 Å². The Morgan fingerprint density at radius 3 is 1.57 bits per heavy atom. The van der Waals surface area contributed by atoms with Gasteiger partial charge in [-0.2, -0.15) is 0 Å². The number of para-hydroxylation sites is 1. The number of rotatable bonds is 8. The predicted molar refractivity (Wildman–Crippen MR) is 149 cm³/mol. The molecule has 0 spiro atoms. The van der Waals surface area contributed by atoms with E-state index in [4.69, 9.17) is 14.2 Å². The fourth-order valence-corrected chi connectivity index (χ4v) is 4.27. The van der Waals surface area contributed by atoms with Crippen LogP contribution in [0, 0.1) is 0 Å². The largest absolute Gasteiger partial charge is 0.465 e. The predicted octanol–water partition coefficient (Wildman–Crippen LogP) is 5.76. The van der Waals surface area contributed by atoms with E-state index >= 15 is 0 Å². The second-order valence-corrected chi connectivity index (χ2v) is 8.87. The summed E-state index contributed by atoms with van der Waals surface area (Å²) >= 11 is 0. The van der Waals surface area contributed by atoms with Gasteiger partial charge in [0, 0.05) is 31.0 Å². The number of anilines is 1. The van der Waals surface area contributed by atoms with E-state index in [2.05, 4.69) is 5.32 Å². The first-order valence-corrected chi connectivity index (χ1v) is 12.4. The second kappa shape index (κ2) is 12.5. The van der Waals surface area contributed by atoms with Crippen LogP contribution in [0.4, 0.5) is 5.69 Å². The van der Waals surface area contributed by atoms with Gasteiger partial charge < -0.3 is 19.5 Å². The van der Waals surface area contributed by atoms with Crippen LogP contribution in [0.1, 0.15) is 57.2 Å². The first-order valence-electron chi connectivity index (χ1n) is 12.4. The molecule has 8 nitrogen and oxygen atoms in total. The molecule has 0 heterocycles. The van der Waals surface area contributed by atoms with E-state index in [0.717, 1.165) is 16.7 Å². The summed E-state index contributed by atoms with van der Waals surface area (Å²) in [6.45, 7) is 2.67. The lowest BCUT2D eigenvalue weighted by molar-refractivity contribution is -0.132. The summed E-state index contributed by atoms with van der Waals surface area (Å²) in [4.78, 5) is 47.7. The van der Waals surface area contributed by atoms with Gasteiger partial charge in [-0.05, 0) is 71.3 Å². The number of hydrogen-bond donors (Lipinski definition) is 1. The van der Waals surface area contributed by atoms with E-state index in [1.54, 1.807) is 36.4 Å². The van der Waals surface area contributed by atoms with Crippen molar-refractivity contribution < 1.29 is 33.4 Å². The molecule has 0 bridgehead atoms. The molecule has 0 saturated carbocycles. The van der Waals surface area contributed by atoms with Crippen LogP contribution < -0.4 is 14.8 Å². The molecule has 0 unspecified atom stereocenters. The fourth-order valence-electron chi connectivity index (χ4n) is 4.27. The van der Waals surface area contributed by atoms with E-state index < -0.39 is 17.9 Å². The average molecular weight is 538 g/mol. The van der Waals surface area contributed by atoms with Gasteiger partial charge in [0.25, 0.3) is 5.91 Å². The van der Waals surface area contributed by atoms with Crippen molar-refractivity contribution >= 4 is 29.5 Å². The van der Waals surface area contributed by atoms with E-state index in [1.807, 2.05) is 48.5 Å². The van der Waals surface area contributed by atoms with Crippen LogP contribution >= 0.6 is 0 Å². The third-order valence-corrected chi connectivity index (χ3v) is 6.04. The van der Waals surface area contributed by atoms with Crippen LogP contribution in [0.3, 0.4) is 0 Å². The molecule has 4 aromatic carbocycles. The van der Waals surface area contributed by atoms with Crippen molar-refractivity contribution in [3.05, 3.63) is 125 Å². The molecule has 202 valence electrons. The Morgan fingerprint density at radius 1 is 0.625 bits per heavy atom. The third-order valence-electron chi connectivity index (χ3n) is 6.04.